The van der Waals surface area contributed by atoms with Gasteiger partial charge in [-0.3, -0.25) is 24.8 Å². The largest absolute Gasteiger partial charge is 0.384 e. The van der Waals surface area contributed by atoms with Gasteiger partial charge in [0.15, 0.2) is 5.79 Å². The minimum absolute atomic E-state index is 0.0430. The first kappa shape index (κ1) is 28.4. The maximum atomic E-state index is 13.3. The number of nitrogens with one attached hydrogen (secondary N) is 3. The van der Waals surface area contributed by atoms with E-state index in [0.717, 1.165) is 21.6 Å². The number of hydrogen-bond acceptors (Lipinski definition) is 8. The predicted octanol–water partition coefficient (Wildman–Crippen LogP) is 2.10. The van der Waals surface area contributed by atoms with E-state index in [1.807, 2.05) is 37.3 Å². The summed E-state index contributed by atoms with van der Waals surface area (Å²) in [7, 11) is 0. The van der Waals surface area contributed by atoms with Gasteiger partial charge in [0.05, 0.1) is 32.8 Å². The third-order valence-electron chi connectivity index (χ3n) is 7.21. The van der Waals surface area contributed by atoms with Crippen LogP contribution in [0.3, 0.4) is 0 Å². The molecule has 0 saturated carbocycles. The molecule has 1 spiro atoms. The number of benzene rings is 1. The Kier molecular flexibility index (Phi) is 8.15. The first-order valence-electron chi connectivity index (χ1n) is 13.2. The van der Waals surface area contributed by atoms with Gasteiger partial charge in [0.1, 0.15) is 17.6 Å². The van der Waals surface area contributed by atoms with Crippen LogP contribution in [0.1, 0.15) is 38.5 Å². The fraction of sp³-hybridized carbons (Fsp3) is 0.345. The number of amidine groups is 1. The quantitative estimate of drug-likeness (QED) is 0.236. The molecule has 214 valence electrons. The molecule has 2 saturated heterocycles. The molecule has 5 N–H and O–H groups in total. The third kappa shape index (κ3) is 6.29. The number of amides is 3. The number of nitrogen functional groups attached to an aromatic ring is 1. The van der Waals surface area contributed by atoms with Gasteiger partial charge in [-0.15, -0.1) is 11.3 Å². The van der Waals surface area contributed by atoms with E-state index < -0.39 is 23.6 Å². The van der Waals surface area contributed by atoms with Crippen LogP contribution in [0.25, 0.3) is 11.1 Å². The van der Waals surface area contributed by atoms with Crippen LogP contribution in [-0.4, -0.2) is 71.6 Å². The number of aromatic nitrogens is 1. The SMILES string of the molecule is Cc1ccc(-c2cnc(C(=O)NCC(=O)N3CC4(C[C@H]3C(=O)NCc3cc(C(=N)N)cs3)OCCO4)c(C)c2)cc1. The standard InChI is InChI=1S/C29H32N6O5S/c1-17-3-5-19(6-4-17)20-9-18(2)25(32-12-20)28(38)34-14-24(36)35-16-29(39-7-8-40-29)11-23(35)27(37)33-13-22-10-21(15-41-22)26(30)31/h3-6,9-10,12,15,23H,7-8,11,13-14,16H2,1-2H3,(H3,30,31)(H,33,37)(H,34,38)/t23-/m0/s1. The van der Waals surface area contributed by atoms with Crippen LogP contribution in [0, 0.1) is 19.3 Å². The van der Waals surface area contributed by atoms with E-state index in [1.165, 1.54) is 16.2 Å². The van der Waals surface area contributed by atoms with Gasteiger partial charge >= 0.3 is 0 Å². The van der Waals surface area contributed by atoms with E-state index in [2.05, 4.69) is 15.6 Å². The summed E-state index contributed by atoms with van der Waals surface area (Å²) < 4.78 is 11.6. The van der Waals surface area contributed by atoms with Gasteiger partial charge in [-0.05, 0) is 37.1 Å². The van der Waals surface area contributed by atoms with E-state index in [0.29, 0.717) is 24.3 Å². The van der Waals surface area contributed by atoms with Gasteiger partial charge < -0.3 is 30.7 Å². The number of likely N-dealkylation sites (tertiary alicyclic amines) is 1. The molecule has 5 rings (SSSR count). The normalized spacial score (nSPS) is 17.5. The highest BCUT2D eigenvalue weighted by molar-refractivity contribution is 7.10. The second kappa shape index (κ2) is 11.8. The van der Waals surface area contributed by atoms with Gasteiger partial charge in [0, 0.05) is 34.0 Å². The van der Waals surface area contributed by atoms with Crippen LogP contribution in [0.15, 0.2) is 48.0 Å². The monoisotopic (exact) mass is 576 g/mol. The predicted molar refractivity (Wildman–Crippen MR) is 153 cm³/mol. The number of ether oxygens (including phenoxy) is 2. The Morgan fingerprint density at radius 3 is 2.51 bits per heavy atom. The first-order chi connectivity index (χ1) is 19.6. The van der Waals surface area contributed by atoms with Crippen molar-refractivity contribution < 1.29 is 23.9 Å². The van der Waals surface area contributed by atoms with Gasteiger partial charge in [0.25, 0.3) is 5.91 Å². The van der Waals surface area contributed by atoms with Crippen molar-refractivity contribution in [3.8, 4) is 11.1 Å². The van der Waals surface area contributed by atoms with Crippen LogP contribution < -0.4 is 16.4 Å². The second-order valence-corrected chi connectivity index (χ2v) is 11.2. The minimum atomic E-state index is -1.05. The zero-order valence-electron chi connectivity index (χ0n) is 22.9. The molecule has 41 heavy (non-hydrogen) atoms. The maximum Gasteiger partial charge on any atom is 0.270 e. The average Bonchev–Trinajstić information content (AvgIpc) is 3.71. The molecule has 2 aromatic heterocycles. The van der Waals surface area contributed by atoms with Crippen molar-refractivity contribution in [2.75, 3.05) is 26.3 Å². The molecule has 2 aliphatic heterocycles. The minimum Gasteiger partial charge on any atom is -0.384 e. The summed E-state index contributed by atoms with van der Waals surface area (Å²) in [4.78, 5) is 46.1. The lowest BCUT2D eigenvalue weighted by Gasteiger charge is -2.24. The van der Waals surface area contributed by atoms with Gasteiger partial charge in [0.2, 0.25) is 11.8 Å². The molecule has 3 amide bonds. The number of nitrogens with zero attached hydrogens (tertiary/aromatic N) is 2. The van der Waals surface area contributed by atoms with Crippen LogP contribution >= 0.6 is 11.3 Å². The Bertz CT molecular complexity index is 1480. The summed E-state index contributed by atoms with van der Waals surface area (Å²) in [6.45, 7) is 4.56. The molecule has 1 atom stereocenters. The van der Waals surface area contributed by atoms with E-state index >= 15 is 0 Å². The molecular formula is C29H32N6O5S. The molecule has 1 aromatic carbocycles. The van der Waals surface area contributed by atoms with Crippen molar-refractivity contribution in [2.24, 2.45) is 5.73 Å². The lowest BCUT2D eigenvalue weighted by Crippen LogP contribution is -2.49. The Morgan fingerprint density at radius 2 is 1.85 bits per heavy atom. The zero-order valence-corrected chi connectivity index (χ0v) is 23.7. The van der Waals surface area contributed by atoms with E-state index in [1.54, 1.807) is 24.6 Å². The summed E-state index contributed by atoms with van der Waals surface area (Å²) in [6.07, 6.45) is 1.82. The summed E-state index contributed by atoms with van der Waals surface area (Å²) in [5, 5.41) is 14.8. The van der Waals surface area contributed by atoms with Crippen molar-refractivity contribution >= 4 is 34.9 Å². The van der Waals surface area contributed by atoms with Crippen LogP contribution in [-0.2, 0) is 25.6 Å². The van der Waals surface area contributed by atoms with Crippen molar-refractivity contribution in [1.29, 1.82) is 5.41 Å². The molecule has 4 heterocycles. The second-order valence-electron chi connectivity index (χ2n) is 10.2. The van der Waals surface area contributed by atoms with Crippen LogP contribution in [0.2, 0.25) is 0 Å². The highest BCUT2D eigenvalue weighted by Gasteiger charge is 2.52. The Hall–Kier alpha value is -4.13. The number of nitrogens with two attached hydrogens (primary N) is 1. The molecular weight excluding hydrogens is 544 g/mol. The fourth-order valence-corrected chi connectivity index (χ4v) is 5.83. The topological polar surface area (TPSA) is 160 Å². The number of carbonyl (C=O) groups excluding carboxylic acids is 3. The molecule has 0 bridgehead atoms. The molecule has 0 radical (unpaired) electrons. The highest BCUT2D eigenvalue weighted by Crippen LogP contribution is 2.35. The lowest BCUT2D eigenvalue weighted by molar-refractivity contribution is -0.152. The number of thiophene rings is 1. The van der Waals surface area contributed by atoms with Crippen molar-refractivity contribution in [3.05, 3.63) is 75.2 Å². The summed E-state index contributed by atoms with van der Waals surface area (Å²) in [5.74, 6) is -2.36. The number of hydrogen-bond donors (Lipinski definition) is 4. The Morgan fingerprint density at radius 1 is 1.12 bits per heavy atom. The summed E-state index contributed by atoms with van der Waals surface area (Å²) in [6, 6.07) is 10.8. The van der Waals surface area contributed by atoms with Gasteiger partial charge in [-0.25, -0.2) is 0 Å². The van der Waals surface area contributed by atoms with E-state index in [9.17, 15) is 14.4 Å². The number of rotatable bonds is 8. The molecule has 2 aliphatic rings. The smallest absolute Gasteiger partial charge is 0.270 e. The summed E-state index contributed by atoms with van der Waals surface area (Å²) >= 11 is 1.38. The zero-order chi connectivity index (χ0) is 29.1. The van der Waals surface area contributed by atoms with Crippen LogP contribution in [0.5, 0.6) is 0 Å². The number of pyridine rings is 1. The number of carbonyl (C=O) groups is 3. The highest BCUT2D eigenvalue weighted by atomic mass is 32.1. The van der Waals surface area contributed by atoms with Gasteiger partial charge in [-0.2, -0.15) is 0 Å². The molecule has 0 unspecified atom stereocenters. The Labute approximate surface area is 241 Å². The average molecular weight is 577 g/mol. The first-order valence-corrected chi connectivity index (χ1v) is 14.1. The number of aryl methyl sites for hydroxylation is 2. The Balaban J connectivity index is 1.23. The molecule has 3 aromatic rings. The fourth-order valence-electron chi connectivity index (χ4n) is 5.01. The van der Waals surface area contributed by atoms with Crippen molar-refractivity contribution in [2.45, 2.75) is 38.6 Å². The van der Waals surface area contributed by atoms with Crippen molar-refractivity contribution in [1.82, 2.24) is 20.5 Å². The summed E-state index contributed by atoms with van der Waals surface area (Å²) in [5.41, 5.74) is 10.1. The molecule has 2 fully saturated rings. The van der Waals surface area contributed by atoms with E-state index in [-0.39, 0.29) is 43.5 Å². The molecule has 0 aliphatic carbocycles. The van der Waals surface area contributed by atoms with Crippen molar-refractivity contribution in [3.63, 3.8) is 0 Å². The van der Waals surface area contributed by atoms with Gasteiger partial charge in [-0.1, -0.05) is 29.8 Å². The molecule has 11 nitrogen and oxygen atoms in total. The third-order valence-corrected chi connectivity index (χ3v) is 8.15. The maximum absolute atomic E-state index is 13.3. The lowest BCUT2D eigenvalue weighted by atomic mass is 10.0. The van der Waals surface area contributed by atoms with Crippen LogP contribution in [0.4, 0.5) is 0 Å². The molecule has 12 heteroatoms. The van der Waals surface area contributed by atoms with E-state index in [4.69, 9.17) is 20.6 Å².